The van der Waals surface area contributed by atoms with Crippen LogP contribution in [-0.2, 0) is 0 Å². The molecule has 3 atom stereocenters. The van der Waals surface area contributed by atoms with E-state index in [1.54, 1.807) is 0 Å². The first-order chi connectivity index (χ1) is 8.33. The molecule has 0 radical (unpaired) electrons. The fourth-order valence-corrected chi connectivity index (χ4v) is 3.36. The third-order valence-corrected chi connectivity index (χ3v) is 5.61. The van der Waals surface area contributed by atoms with E-state index in [-0.39, 0.29) is 0 Å². The fraction of sp³-hybridized carbons (Fsp3) is 1.00. The maximum absolute atomic E-state index is 5.99. The van der Waals surface area contributed by atoms with Crippen LogP contribution in [0.2, 0.25) is 0 Å². The average molecular weight is 254 g/mol. The first-order valence-electron chi connectivity index (χ1n) is 7.75. The number of hydrogen-bond donors (Lipinski definition) is 1. The van der Waals surface area contributed by atoms with E-state index in [1.807, 2.05) is 0 Å². The van der Waals surface area contributed by atoms with Gasteiger partial charge in [0.15, 0.2) is 0 Å². The van der Waals surface area contributed by atoms with E-state index in [0.29, 0.717) is 23.4 Å². The van der Waals surface area contributed by atoms with Gasteiger partial charge in [0.05, 0.1) is 0 Å². The number of nitrogens with zero attached hydrogens (tertiary/aromatic N) is 1. The van der Waals surface area contributed by atoms with Gasteiger partial charge in [-0.1, -0.05) is 27.2 Å². The van der Waals surface area contributed by atoms with Crippen LogP contribution in [0.3, 0.4) is 0 Å². The molecule has 18 heavy (non-hydrogen) atoms. The molecule has 2 N–H and O–H groups in total. The van der Waals surface area contributed by atoms with Gasteiger partial charge in [-0.05, 0) is 64.0 Å². The molecule has 0 aliphatic heterocycles. The molecule has 0 bridgehead atoms. The van der Waals surface area contributed by atoms with Crippen LogP contribution in [0, 0.1) is 17.3 Å². The van der Waals surface area contributed by atoms with Crippen LogP contribution in [0.15, 0.2) is 0 Å². The topological polar surface area (TPSA) is 29.3 Å². The Labute approximate surface area is 114 Å². The highest BCUT2D eigenvalue weighted by atomic mass is 15.2. The normalized spacial score (nSPS) is 30.2. The van der Waals surface area contributed by atoms with E-state index in [2.05, 4.69) is 46.6 Å². The summed E-state index contributed by atoms with van der Waals surface area (Å²) in [6.45, 7) is 12.6. The monoisotopic (exact) mass is 254 g/mol. The maximum Gasteiger partial charge on any atom is 0.0138 e. The zero-order valence-corrected chi connectivity index (χ0v) is 13.4. The largest absolute Gasteiger partial charge is 0.330 e. The van der Waals surface area contributed by atoms with E-state index < -0.39 is 0 Å². The van der Waals surface area contributed by atoms with Crippen LogP contribution >= 0.6 is 0 Å². The Morgan fingerprint density at radius 2 is 1.89 bits per heavy atom. The van der Waals surface area contributed by atoms with Crippen LogP contribution in [0.5, 0.6) is 0 Å². The number of rotatable bonds is 5. The van der Waals surface area contributed by atoms with Gasteiger partial charge in [-0.2, -0.15) is 0 Å². The molecule has 0 heterocycles. The van der Waals surface area contributed by atoms with E-state index in [9.17, 15) is 0 Å². The lowest BCUT2D eigenvalue weighted by atomic mass is 9.65. The summed E-state index contributed by atoms with van der Waals surface area (Å²) in [7, 11) is 2.28. The van der Waals surface area contributed by atoms with Gasteiger partial charge in [-0.15, -0.1) is 0 Å². The van der Waals surface area contributed by atoms with E-state index in [4.69, 9.17) is 5.73 Å². The molecular formula is C16H34N2. The van der Waals surface area contributed by atoms with Gasteiger partial charge in [-0.25, -0.2) is 0 Å². The summed E-state index contributed by atoms with van der Waals surface area (Å²) in [5.41, 5.74) is 6.47. The van der Waals surface area contributed by atoms with Crippen molar-refractivity contribution in [3.8, 4) is 0 Å². The minimum absolute atomic E-state index is 0.482. The molecule has 0 aromatic heterocycles. The van der Waals surface area contributed by atoms with E-state index >= 15 is 0 Å². The molecule has 0 saturated heterocycles. The summed E-state index contributed by atoms with van der Waals surface area (Å²) < 4.78 is 0. The van der Waals surface area contributed by atoms with Crippen molar-refractivity contribution in [2.45, 2.75) is 72.4 Å². The summed E-state index contributed by atoms with van der Waals surface area (Å²) in [5, 5.41) is 0. The van der Waals surface area contributed by atoms with Crippen molar-refractivity contribution in [3.63, 3.8) is 0 Å². The zero-order valence-electron chi connectivity index (χ0n) is 13.4. The minimum Gasteiger partial charge on any atom is -0.330 e. The summed E-state index contributed by atoms with van der Waals surface area (Å²) in [6.07, 6.45) is 5.29. The Balaban J connectivity index is 2.78. The Hall–Kier alpha value is -0.0800. The van der Waals surface area contributed by atoms with Gasteiger partial charge < -0.3 is 10.6 Å². The Morgan fingerprint density at radius 1 is 1.28 bits per heavy atom. The highest BCUT2D eigenvalue weighted by molar-refractivity contribution is 4.91. The minimum atomic E-state index is 0.482. The predicted molar refractivity (Wildman–Crippen MR) is 80.6 cm³/mol. The van der Waals surface area contributed by atoms with E-state index in [1.165, 1.54) is 25.7 Å². The Bertz CT molecular complexity index is 245. The first kappa shape index (κ1) is 16.0. The molecule has 1 fully saturated rings. The molecule has 1 aliphatic rings. The molecule has 2 nitrogen and oxygen atoms in total. The fourth-order valence-electron chi connectivity index (χ4n) is 3.36. The highest BCUT2D eigenvalue weighted by Gasteiger charge is 2.38. The summed E-state index contributed by atoms with van der Waals surface area (Å²) in [4.78, 5) is 2.55. The van der Waals surface area contributed by atoms with Crippen molar-refractivity contribution in [2.24, 2.45) is 23.0 Å². The summed E-state index contributed by atoms with van der Waals surface area (Å²) >= 11 is 0. The van der Waals surface area contributed by atoms with Gasteiger partial charge in [0.2, 0.25) is 0 Å². The van der Waals surface area contributed by atoms with E-state index in [0.717, 1.165) is 12.5 Å². The van der Waals surface area contributed by atoms with Crippen molar-refractivity contribution in [1.29, 1.82) is 0 Å². The standard InChI is InChI=1S/C16H34N2/c1-7-16(4,5)14-9-8-13(11-17)15(10-14)18(6)12(2)3/h12-15H,7-11,17H2,1-6H3. The SMILES string of the molecule is CCC(C)(C)C1CCC(CN)C(N(C)C(C)C)C1. The van der Waals surface area contributed by atoms with Crippen LogP contribution in [0.4, 0.5) is 0 Å². The molecule has 0 spiro atoms. The average Bonchev–Trinajstić information content (AvgIpc) is 2.36. The third-order valence-electron chi connectivity index (χ3n) is 5.61. The lowest BCUT2D eigenvalue weighted by Gasteiger charge is -2.47. The predicted octanol–water partition coefficient (Wildman–Crippen LogP) is 3.51. The molecule has 1 aliphatic carbocycles. The third kappa shape index (κ3) is 3.48. The molecule has 2 heteroatoms. The van der Waals surface area contributed by atoms with Crippen LogP contribution < -0.4 is 5.73 Å². The van der Waals surface area contributed by atoms with Crippen molar-refractivity contribution in [1.82, 2.24) is 4.90 Å². The van der Waals surface area contributed by atoms with Gasteiger partial charge >= 0.3 is 0 Å². The van der Waals surface area contributed by atoms with Crippen molar-refractivity contribution < 1.29 is 0 Å². The molecule has 0 aromatic rings. The molecule has 3 unspecified atom stereocenters. The van der Waals surface area contributed by atoms with Gasteiger partial charge in [0.25, 0.3) is 0 Å². The van der Waals surface area contributed by atoms with Crippen molar-refractivity contribution in [2.75, 3.05) is 13.6 Å². The second-order valence-electron chi connectivity index (χ2n) is 7.17. The molecule has 0 aromatic carbocycles. The van der Waals surface area contributed by atoms with Crippen LogP contribution in [0.1, 0.15) is 60.3 Å². The Morgan fingerprint density at radius 3 is 2.33 bits per heavy atom. The quantitative estimate of drug-likeness (QED) is 0.813. The molecular weight excluding hydrogens is 220 g/mol. The Kier molecular flexibility index (Phi) is 5.67. The molecule has 108 valence electrons. The second-order valence-corrected chi connectivity index (χ2v) is 7.17. The maximum atomic E-state index is 5.99. The lowest BCUT2D eigenvalue weighted by molar-refractivity contribution is 0.0368. The zero-order chi connectivity index (χ0) is 13.9. The number of hydrogen-bond acceptors (Lipinski definition) is 2. The highest BCUT2D eigenvalue weighted by Crippen LogP contribution is 2.43. The molecule has 0 amide bonds. The second kappa shape index (κ2) is 6.38. The van der Waals surface area contributed by atoms with Gasteiger partial charge in [0, 0.05) is 12.1 Å². The number of nitrogens with two attached hydrogens (primary N) is 1. The van der Waals surface area contributed by atoms with Crippen LogP contribution in [0.25, 0.3) is 0 Å². The summed E-state index contributed by atoms with van der Waals surface area (Å²) in [5.74, 6) is 1.55. The summed E-state index contributed by atoms with van der Waals surface area (Å²) in [6, 6.07) is 1.30. The lowest BCUT2D eigenvalue weighted by Crippen LogP contribution is -2.49. The van der Waals surface area contributed by atoms with Gasteiger partial charge in [0.1, 0.15) is 0 Å². The molecule has 1 rings (SSSR count). The van der Waals surface area contributed by atoms with Crippen LogP contribution in [-0.4, -0.2) is 30.6 Å². The van der Waals surface area contributed by atoms with Gasteiger partial charge in [-0.3, -0.25) is 0 Å². The van der Waals surface area contributed by atoms with Crippen molar-refractivity contribution >= 4 is 0 Å². The van der Waals surface area contributed by atoms with Crippen molar-refractivity contribution in [3.05, 3.63) is 0 Å². The molecule has 1 saturated carbocycles. The first-order valence-corrected chi connectivity index (χ1v) is 7.75. The smallest absolute Gasteiger partial charge is 0.0138 e.